The Hall–Kier alpha value is -1.07. The van der Waals surface area contributed by atoms with Gasteiger partial charge in [-0.15, -0.1) is 0 Å². The topological polar surface area (TPSA) is 67.8 Å². The van der Waals surface area contributed by atoms with Crippen LogP contribution in [0.3, 0.4) is 0 Å². The summed E-state index contributed by atoms with van der Waals surface area (Å²) in [6.45, 7) is 0.304. The predicted molar refractivity (Wildman–Crippen MR) is 92.6 cm³/mol. The summed E-state index contributed by atoms with van der Waals surface area (Å²) in [4.78, 5) is 4.68. The minimum Gasteiger partial charge on any atom is -0.489 e. The van der Waals surface area contributed by atoms with Crippen LogP contribution in [0.2, 0.25) is 0 Å². The van der Waals surface area contributed by atoms with Crippen molar-refractivity contribution in [1.29, 1.82) is 0 Å². The third-order valence-electron chi connectivity index (χ3n) is 4.45. The van der Waals surface area contributed by atoms with Gasteiger partial charge in [-0.3, -0.25) is 4.99 Å². The van der Waals surface area contributed by atoms with Crippen molar-refractivity contribution in [3.8, 4) is 5.75 Å². The number of anilines is 1. The first kappa shape index (κ1) is 15.8. The number of nitrogen functional groups attached to an aromatic ring is 1. The number of ether oxygens (including phenoxy) is 1. The Labute approximate surface area is 139 Å². The summed E-state index contributed by atoms with van der Waals surface area (Å²) in [6, 6.07) is 4.21. The number of rotatable bonds is 5. The Morgan fingerprint density at radius 3 is 2.59 bits per heavy atom. The van der Waals surface area contributed by atoms with Gasteiger partial charge in [0.05, 0.1) is 10.6 Å². The molecule has 0 radical (unpaired) electrons. The van der Waals surface area contributed by atoms with Crippen LogP contribution in [-0.2, 0) is 0 Å². The van der Waals surface area contributed by atoms with Crippen LogP contribution in [0.5, 0.6) is 5.75 Å². The highest BCUT2D eigenvalue weighted by Gasteiger charge is 2.24. The molecular weight excluding hydrogens is 344 g/mol. The molecule has 2 fully saturated rings. The van der Waals surface area contributed by atoms with Crippen molar-refractivity contribution in [2.24, 2.45) is 10.9 Å². The highest BCUT2D eigenvalue weighted by molar-refractivity contribution is 9.10. The predicted octanol–water partition coefficient (Wildman–Crippen LogP) is 3.54. The van der Waals surface area contributed by atoms with Crippen molar-refractivity contribution < 1.29 is 9.84 Å². The SMILES string of the molecule is Nc1cc(OC2CC2)c(Br)cc1C=NC1CCC(CO)CC1. The third kappa shape index (κ3) is 4.02. The lowest BCUT2D eigenvalue weighted by Gasteiger charge is -2.24. The van der Waals surface area contributed by atoms with Crippen LogP contribution in [0.25, 0.3) is 0 Å². The van der Waals surface area contributed by atoms with Crippen LogP contribution in [0, 0.1) is 5.92 Å². The van der Waals surface area contributed by atoms with Crippen LogP contribution >= 0.6 is 15.9 Å². The molecule has 2 saturated carbocycles. The van der Waals surface area contributed by atoms with E-state index in [9.17, 15) is 5.11 Å². The lowest BCUT2D eigenvalue weighted by molar-refractivity contribution is 0.183. The molecular formula is C17H23BrN2O2. The minimum absolute atomic E-state index is 0.304. The van der Waals surface area contributed by atoms with E-state index in [2.05, 4.69) is 20.9 Å². The Kier molecular flexibility index (Phi) is 5.03. The van der Waals surface area contributed by atoms with Gasteiger partial charge in [0.25, 0.3) is 0 Å². The van der Waals surface area contributed by atoms with Crippen LogP contribution < -0.4 is 10.5 Å². The Balaban J connectivity index is 1.64. The number of hydrogen-bond acceptors (Lipinski definition) is 4. The van der Waals surface area contributed by atoms with E-state index in [-0.39, 0.29) is 0 Å². The molecule has 4 nitrogen and oxygen atoms in total. The number of aliphatic hydroxyl groups is 1. The van der Waals surface area contributed by atoms with Gasteiger partial charge in [0.15, 0.2) is 0 Å². The van der Waals surface area contributed by atoms with Crippen molar-refractivity contribution in [3.63, 3.8) is 0 Å². The average Bonchev–Trinajstić information content (AvgIpc) is 3.34. The number of hydrogen-bond donors (Lipinski definition) is 2. The Morgan fingerprint density at radius 2 is 1.95 bits per heavy atom. The number of aliphatic imine (C=N–C) groups is 1. The largest absolute Gasteiger partial charge is 0.489 e. The van der Waals surface area contributed by atoms with E-state index in [1.165, 1.54) is 0 Å². The lowest BCUT2D eigenvalue weighted by Crippen LogP contribution is -2.19. The fourth-order valence-electron chi connectivity index (χ4n) is 2.81. The third-order valence-corrected chi connectivity index (χ3v) is 5.07. The van der Waals surface area contributed by atoms with Crippen LogP contribution in [0.1, 0.15) is 44.1 Å². The molecule has 3 rings (SSSR count). The molecule has 0 bridgehead atoms. The molecule has 0 unspecified atom stereocenters. The first-order valence-corrected chi connectivity index (χ1v) is 8.84. The van der Waals surface area contributed by atoms with Gasteiger partial charge in [-0.05, 0) is 66.4 Å². The summed E-state index contributed by atoms with van der Waals surface area (Å²) >= 11 is 3.55. The Bertz CT molecular complexity index is 550. The summed E-state index contributed by atoms with van der Waals surface area (Å²) in [5.74, 6) is 1.28. The van der Waals surface area contributed by atoms with E-state index in [1.807, 2.05) is 18.3 Å². The summed E-state index contributed by atoms with van der Waals surface area (Å²) in [5, 5.41) is 9.17. The Morgan fingerprint density at radius 1 is 1.23 bits per heavy atom. The van der Waals surface area contributed by atoms with Crippen LogP contribution in [0.4, 0.5) is 5.69 Å². The van der Waals surface area contributed by atoms with Crippen LogP contribution in [-0.4, -0.2) is 30.1 Å². The van der Waals surface area contributed by atoms with Gasteiger partial charge in [-0.25, -0.2) is 0 Å². The van der Waals surface area contributed by atoms with Gasteiger partial charge < -0.3 is 15.6 Å². The van der Waals surface area contributed by atoms with E-state index >= 15 is 0 Å². The van der Waals surface area contributed by atoms with E-state index < -0.39 is 0 Å². The molecule has 0 aromatic heterocycles. The smallest absolute Gasteiger partial charge is 0.135 e. The van der Waals surface area contributed by atoms with Gasteiger partial charge in [-0.2, -0.15) is 0 Å². The van der Waals surface area contributed by atoms with Gasteiger partial charge >= 0.3 is 0 Å². The molecule has 0 atom stereocenters. The maximum Gasteiger partial charge on any atom is 0.135 e. The van der Waals surface area contributed by atoms with Gasteiger partial charge in [-0.1, -0.05) is 0 Å². The molecule has 1 aromatic rings. The first-order chi connectivity index (χ1) is 10.7. The highest BCUT2D eigenvalue weighted by Crippen LogP contribution is 2.35. The second-order valence-electron chi connectivity index (χ2n) is 6.36. The standard InChI is InChI=1S/C17H23BrN2O2/c18-15-7-12(16(19)8-17(15)22-14-5-6-14)9-20-13-3-1-11(10-21)2-4-13/h7-9,11,13-14,21H,1-6,10,19H2. The fourth-order valence-corrected chi connectivity index (χ4v) is 3.27. The van der Waals surface area contributed by atoms with E-state index in [1.54, 1.807) is 0 Å². The first-order valence-electron chi connectivity index (χ1n) is 8.05. The maximum absolute atomic E-state index is 9.17. The van der Waals surface area contributed by atoms with Crippen molar-refractivity contribution >= 4 is 27.8 Å². The summed E-state index contributed by atoms with van der Waals surface area (Å²) < 4.78 is 6.75. The molecule has 5 heteroatoms. The molecule has 0 amide bonds. The number of halogens is 1. The lowest BCUT2D eigenvalue weighted by atomic mass is 9.87. The average molecular weight is 367 g/mol. The summed E-state index contributed by atoms with van der Waals surface area (Å²) in [6.07, 6.45) is 8.72. The number of aliphatic hydroxyl groups excluding tert-OH is 1. The van der Waals surface area contributed by atoms with Gasteiger partial charge in [0.2, 0.25) is 0 Å². The zero-order chi connectivity index (χ0) is 15.5. The molecule has 0 heterocycles. The molecule has 0 aliphatic heterocycles. The quantitative estimate of drug-likeness (QED) is 0.618. The second kappa shape index (κ2) is 7.01. The van der Waals surface area contributed by atoms with Gasteiger partial charge in [0.1, 0.15) is 5.75 Å². The summed E-state index contributed by atoms with van der Waals surface area (Å²) in [5.41, 5.74) is 7.75. The molecule has 120 valence electrons. The van der Waals surface area contributed by atoms with Crippen molar-refractivity contribution in [1.82, 2.24) is 0 Å². The number of nitrogens with zero attached hydrogens (tertiary/aromatic N) is 1. The number of benzene rings is 1. The minimum atomic E-state index is 0.304. The fraction of sp³-hybridized carbons (Fsp3) is 0.588. The second-order valence-corrected chi connectivity index (χ2v) is 7.22. The van der Waals surface area contributed by atoms with Crippen molar-refractivity contribution in [2.45, 2.75) is 50.7 Å². The monoisotopic (exact) mass is 366 g/mol. The zero-order valence-corrected chi connectivity index (χ0v) is 14.3. The molecule has 2 aliphatic rings. The zero-order valence-electron chi connectivity index (χ0n) is 12.7. The van der Waals surface area contributed by atoms with Gasteiger partial charge in [0, 0.05) is 36.2 Å². The molecule has 3 N–H and O–H groups in total. The van der Waals surface area contributed by atoms with E-state index in [0.29, 0.717) is 30.4 Å². The van der Waals surface area contributed by atoms with E-state index in [4.69, 9.17) is 10.5 Å². The molecule has 0 spiro atoms. The maximum atomic E-state index is 9.17. The molecule has 0 saturated heterocycles. The van der Waals surface area contributed by atoms with E-state index in [0.717, 1.165) is 54.3 Å². The van der Waals surface area contributed by atoms with Crippen molar-refractivity contribution in [2.75, 3.05) is 12.3 Å². The van der Waals surface area contributed by atoms with Crippen LogP contribution in [0.15, 0.2) is 21.6 Å². The van der Waals surface area contributed by atoms with Crippen molar-refractivity contribution in [3.05, 3.63) is 22.2 Å². The highest BCUT2D eigenvalue weighted by atomic mass is 79.9. The molecule has 1 aromatic carbocycles. The summed E-state index contributed by atoms with van der Waals surface area (Å²) in [7, 11) is 0. The molecule has 22 heavy (non-hydrogen) atoms. The number of nitrogens with two attached hydrogens (primary N) is 1. The molecule has 2 aliphatic carbocycles. The normalized spacial score (nSPS) is 25.5.